The molecule has 0 bridgehead atoms. The molecular weight excluding hydrogens is 168 g/mol. The summed E-state index contributed by atoms with van der Waals surface area (Å²) in [6, 6.07) is 1.94. The number of aromatic nitrogens is 1. The Hall–Kier alpha value is -1.89. The van der Waals surface area contributed by atoms with Crippen molar-refractivity contribution in [2.45, 2.75) is 6.92 Å². The zero-order valence-electron chi connectivity index (χ0n) is 7.37. The van der Waals surface area contributed by atoms with Crippen molar-refractivity contribution in [2.24, 2.45) is 0 Å². The van der Waals surface area contributed by atoms with E-state index in [0.29, 0.717) is 16.7 Å². The number of hydrogen-bond acceptors (Lipinski definition) is 4. The fraction of sp³-hybridized carbons (Fsp3) is 0.222. The van der Waals surface area contributed by atoms with Crippen LogP contribution in [0.25, 0.3) is 0 Å². The maximum atomic E-state index is 11.1. The van der Waals surface area contributed by atoms with Gasteiger partial charge in [0.05, 0.1) is 18.2 Å². The van der Waals surface area contributed by atoms with Gasteiger partial charge in [-0.3, -0.25) is 4.98 Å². The summed E-state index contributed by atoms with van der Waals surface area (Å²) in [4.78, 5) is 14.9. The Labute approximate surface area is 75.8 Å². The molecule has 0 N–H and O–H groups in total. The van der Waals surface area contributed by atoms with Gasteiger partial charge in [-0.25, -0.2) is 4.79 Å². The quantitative estimate of drug-likeness (QED) is 0.600. The van der Waals surface area contributed by atoms with Crippen molar-refractivity contribution in [1.29, 1.82) is 5.26 Å². The number of esters is 1. The maximum Gasteiger partial charge on any atom is 0.339 e. The van der Waals surface area contributed by atoms with Gasteiger partial charge in [0, 0.05) is 12.4 Å². The summed E-state index contributed by atoms with van der Waals surface area (Å²) in [5.41, 5.74) is 1.33. The summed E-state index contributed by atoms with van der Waals surface area (Å²) < 4.78 is 4.53. The Morgan fingerprint density at radius 1 is 1.62 bits per heavy atom. The minimum atomic E-state index is -0.470. The van der Waals surface area contributed by atoms with Crippen LogP contribution in [0.15, 0.2) is 12.4 Å². The number of carbonyl (C=O) groups is 1. The Kier molecular flexibility index (Phi) is 2.60. The second kappa shape index (κ2) is 3.68. The highest BCUT2D eigenvalue weighted by atomic mass is 16.5. The highest BCUT2D eigenvalue weighted by molar-refractivity contribution is 5.91. The van der Waals surface area contributed by atoms with E-state index >= 15 is 0 Å². The first-order valence-electron chi connectivity index (χ1n) is 3.63. The molecule has 1 aromatic rings. The lowest BCUT2D eigenvalue weighted by molar-refractivity contribution is 0.0599. The summed E-state index contributed by atoms with van der Waals surface area (Å²) >= 11 is 0. The molecule has 4 nitrogen and oxygen atoms in total. The monoisotopic (exact) mass is 176 g/mol. The van der Waals surface area contributed by atoms with Crippen LogP contribution in [0.4, 0.5) is 0 Å². The van der Waals surface area contributed by atoms with Crippen LogP contribution in [-0.2, 0) is 4.74 Å². The Morgan fingerprint density at radius 3 is 2.85 bits per heavy atom. The summed E-state index contributed by atoms with van der Waals surface area (Å²) in [7, 11) is 1.29. The van der Waals surface area contributed by atoms with E-state index in [1.165, 1.54) is 19.5 Å². The van der Waals surface area contributed by atoms with Crippen LogP contribution in [-0.4, -0.2) is 18.1 Å². The molecule has 66 valence electrons. The van der Waals surface area contributed by atoms with Gasteiger partial charge in [0.15, 0.2) is 0 Å². The van der Waals surface area contributed by atoms with Gasteiger partial charge in [-0.2, -0.15) is 5.26 Å². The van der Waals surface area contributed by atoms with Gasteiger partial charge in [-0.05, 0) is 12.5 Å². The van der Waals surface area contributed by atoms with Gasteiger partial charge in [-0.15, -0.1) is 0 Å². The van der Waals surface area contributed by atoms with Crippen molar-refractivity contribution in [3.63, 3.8) is 0 Å². The zero-order valence-corrected chi connectivity index (χ0v) is 7.37. The fourth-order valence-corrected chi connectivity index (χ4v) is 0.954. The molecule has 0 amide bonds. The predicted octanol–water partition coefficient (Wildman–Crippen LogP) is 1.05. The molecule has 0 unspecified atom stereocenters. The van der Waals surface area contributed by atoms with Gasteiger partial charge in [0.1, 0.15) is 6.07 Å². The predicted molar refractivity (Wildman–Crippen MR) is 45.0 cm³/mol. The number of ether oxygens (including phenoxy) is 1. The molecular formula is C9H8N2O2. The molecule has 13 heavy (non-hydrogen) atoms. The van der Waals surface area contributed by atoms with Crippen LogP contribution in [0, 0.1) is 18.3 Å². The van der Waals surface area contributed by atoms with E-state index in [2.05, 4.69) is 9.72 Å². The van der Waals surface area contributed by atoms with E-state index in [1.54, 1.807) is 6.92 Å². The molecule has 0 spiro atoms. The molecule has 0 radical (unpaired) electrons. The highest BCUT2D eigenvalue weighted by Crippen LogP contribution is 2.11. The van der Waals surface area contributed by atoms with Crippen molar-refractivity contribution in [3.05, 3.63) is 29.1 Å². The molecule has 0 aromatic carbocycles. The van der Waals surface area contributed by atoms with E-state index < -0.39 is 5.97 Å². The second-order valence-electron chi connectivity index (χ2n) is 2.46. The lowest BCUT2D eigenvalue weighted by Crippen LogP contribution is -2.05. The lowest BCUT2D eigenvalue weighted by atomic mass is 10.1. The van der Waals surface area contributed by atoms with E-state index in [0.717, 1.165) is 0 Å². The third-order valence-electron chi connectivity index (χ3n) is 1.74. The Balaban J connectivity index is 3.25. The highest BCUT2D eigenvalue weighted by Gasteiger charge is 2.11. The number of carbonyl (C=O) groups excluding carboxylic acids is 1. The number of pyridine rings is 1. The Morgan fingerprint density at radius 2 is 2.31 bits per heavy atom. The van der Waals surface area contributed by atoms with Crippen LogP contribution in [0.2, 0.25) is 0 Å². The number of nitriles is 1. The first kappa shape index (κ1) is 9.20. The van der Waals surface area contributed by atoms with Crippen molar-refractivity contribution in [2.75, 3.05) is 7.11 Å². The summed E-state index contributed by atoms with van der Waals surface area (Å²) in [6.07, 6.45) is 2.81. The van der Waals surface area contributed by atoms with Crippen LogP contribution in [0.3, 0.4) is 0 Å². The van der Waals surface area contributed by atoms with Gasteiger partial charge in [0.2, 0.25) is 0 Å². The molecule has 0 aliphatic heterocycles. The fourth-order valence-electron chi connectivity index (χ4n) is 0.954. The van der Waals surface area contributed by atoms with Crippen LogP contribution >= 0.6 is 0 Å². The third kappa shape index (κ3) is 1.64. The molecule has 0 aliphatic carbocycles. The van der Waals surface area contributed by atoms with Gasteiger partial charge in [-0.1, -0.05) is 0 Å². The van der Waals surface area contributed by atoms with Crippen molar-refractivity contribution < 1.29 is 9.53 Å². The van der Waals surface area contributed by atoms with Crippen molar-refractivity contribution >= 4 is 5.97 Å². The molecule has 0 atom stereocenters. The number of hydrogen-bond donors (Lipinski definition) is 0. The van der Waals surface area contributed by atoms with Crippen molar-refractivity contribution in [3.8, 4) is 6.07 Å². The molecule has 0 saturated carbocycles. The first-order chi connectivity index (χ1) is 6.20. The van der Waals surface area contributed by atoms with Gasteiger partial charge >= 0.3 is 5.97 Å². The number of nitrogens with zero attached hydrogens (tertiary/aromatic N) is 2. The number of rotatable bonds is 1. The molecule has 1 heterocycles. The normalized spacial score (nSPS) is 9.00. The van der Waals surface area contributed by atoms with E-state index in [1.807, 2.05) is 6.07 Å². The summed E-state index contributed by atoms with van der Waals surface area (Å²) in [6.45, 7) is 1.69. The second-order valence-corrected chi connectivity index (χ2v) is 2.46. The molecule has 4 heteroatoms. The smallest absolute Gasteiger partial charge is 0.339 e. The summed E-state index contributed by atoms with van der Waals surface area (Å²) in [5, 5.41) is 8.66. The van der Waals surface area contributed by atoms with Gasteiger partial charge < -0.3 is 4.74 Å². The van der Waals surface area contributed by atoms with Crippen molar-refractivity contribution in [1.82, 2.24) is 4.98 Å². The minimum Gasteiger partial charge on any atom is -0.465 e. The van der Waals surface area contributed by atoms with Crippen LogP contribution in [0.1, 0.15) is 21.5 Å². The standard InChI is InChI=1S/C9H8N2O2/c1-6-7(3-10)4-11-5-8(6)9(12)13-2/h4-5H,1-2H3. The lowest BCUT2D eigenvalue weighted by Gasteiger charge is -2.02. The Bertz CT molecular complexity index is 380. The van der Waals surface area contributed by atoms with Crippen LogP contribution < -0.4 is 0 Å². The molecule has 1 rings (SSSR count). The first-order valence-corrected chi connectivity index (χ1v) is 3.63. The molecule has 1 aromatic heterocycles. The topological polar surface area (TPSA) is 63.0 Å². The zero-order chi connectivity index (χ0) is 9.84. The minimum absolute atomic E-state index is 0.335. The SMILES string of the molecule is COC(=O)c1cncc(C#N)c1C. The van der Waals surface area contributed by atoms with E-state index in [-0.39, 0.29) is 0 Å². The number of methoxy groups -OCH3 is 1. The largest absolute Gasteiger partial charge is 0.465 e. The average molecular weight is 176 g/mol. The average Bonchev–Trinajstić information content (AvgIpc) is 2.17. The molecule has 0 saturated heterocycles. The summed E-state index contributed by atoms with van der Waals surface area (Å²) in [5.74, 6) is -0.470. The van der Waals surface area contributed by atoms with E-state index in [4.69, 9.17) is 5.26 Å². The maximum absolute atomic E-state index is 11.1. The van der Waals surface area contributed by atoms with Gasteiger partial charge in [0.25, 0.3) is 0 Å². The van der Waals surface area contributed by atoms with E-state index in [9.17, 15) is 4.79 Å². The molecule has 0 fully saturated rings. The molecule has 0 aliphatic rings. The third-order valence-corrected chi connectivity index (χ3v) is 1.74. The van der Waals surface area contributed by atoms with Crippen LogP contribution in [0.5, 0.6) is 0 Å².